The monoisotopic (exact) mass is 553 g/mol. The molecular weight excluding hydrogens is 524 g/mol. The summed E-state index contributed by atoms with van der Waals surface area (Å²) in [7, 11) is 1.10. The van der Waals surface area contributed by atoms with E-state index in [2.05, 4.69) is 21.2 Å². The number of likely N-dealkylation sites (tertiary alicyclic amines) is 1. The molecule has 3 aliphatic rings. The number of methoxy groups -OCH3 is 1. The molecule has 10 nitrogen and oxygen atoms in total. The Labute approximate surface area is 230 Å². The third kappa shape index (κ3) is 5.29. The Balaban J connectivity index is 1.22. The number of para-hydroxylation sites is 1. The molecule has 0 saturated carbocycles. The summed E-state index contributed by atoms with van der Waals surface area (Å²) in [6, 6.07) is 10.6. The van der Waals surface area contributed by atoms with Crippen LogP contribution in [0.4, 0.5) is 24.1 Å². The highest BCUT2D eigenvalue weighted by Gasteiger charge is 2.51. The van der Waals surface area contributed by atoms with Crippen molar-refractivity contribution in [2.75, 3.05) is 38.2 Å². The smallest absolute Gasteiger partial charge is 0.419 e. The molecule has 0 aromatic heterocycles. The number of nitrogens with one attached hydrogen (secondary N) is 1. The number of piperidine rings is 1. The quantitative estimate of drug-likeness (QED) is 0.561. The molecule has 1 N–H and O–H groups in total. The van der Waals surface area contributed by atoms with Gasteiger partial charge in [-0.3, -0.25) is 4.90 Å². The minimum Gasteiger partial charge on any atom is -0.466 e. The number of cyclic esters (lactones) is 1. The summed E-state index contributed by atoms with van der Waals surface area (Å²) in [6.07, 6.45) is -0.148. The van der Waals surface area contributed by atoms with Crippen molar-refractivity contribution < 1.29 is 32.6 Å². The summed E-state index contributed by atoms with van der Waals surface area (Å²) in [6.45, 7) is 2.94. The Morgan fingerprint density at radius 1 is 1.07 bits per heavy atom. The number of hydrogen-bond donors (Lipinski definition) is 1. The second-order valence-electron chi connectivity index (χ2n) is 10.1. The van der Waals surface area contributed by atoms with E-state index in [1.807, 2.05) is 24.3 Å². The molecule has 0 aliphatic carbocycles. The number of urea groups is 1. The number of nitriles is 1. The maximum absolute atomic E-state index is 14.0. The summed E-state index contributed by atoms with van der Waals surface area (Å²) in [4.78, 5) is 43.6. The van der Waals surface area contributed by atoms with E-state index < -0.39 is 41.9 Å². The number of rotatable bonds is 5. The zero-order valence-electron chi connectivity index (χ0n) is 21.9. The molecule has 12 heteroatoms. The molecule has 2 aromatic carbocycles. The number of carbonyl (C=O) groups is 3. The van der Waals surface area contributed by atoms with Gasteiger partial charge in [0.1, 0.15) is 12.1 Å². The Hall–Kier alpha value is -4.24. The molecule has 3 amide bonds. The van der Waals surface area contributed by atoms with Crippen LogP contribution in [0.1, 0.15) is 36.4 Å². The first-order chi connectivity index (χ1) is 19.3. The lowest BCUT2D eigenvalue weighted by molar-refractivity contribution is -0.150. The van der Waals surface area contributed by atoms with E-state index in [1.165, 1.54) is 6.07 Å². The van der Waals surface area contributed by atoms with Crippen molar-refractivity contribution in [2.45, 2.75) is 43.5 Å². The second-order valence-corrected chi connectivity index (χ2v) is 10.1. The lowest BCUT2D eigenvalue weighted by atomic mass is 10.0. The van der Waals surface area contributed by atoms with E-state index in [0.717, 1.165) is 62.3 Å². The van der Waals surface area contributed by atoms with Gasteiger partial charge in [-0.15, -0.1) is 0 Å². The molecular formula is C28H29F2N5O5. The maximum Gasteiger partial charge on any atom is 0.419 e. The molecule has 210 valence electrons. The van der Waals surface area contributed by atoms with Gasteiger partial charge in [-0.25, -0.2) is 28.1 Å². The van der Waals surface area contributed by atoms with Crippen molar-refractivity contribution in [3.63, 3.8) is 0 Å². The molecule has 5 rings (SSSR count). The SMILES string of the molecule is COC(=O)C1OC(=O)N(C(=O)NC2CCN(C3CCN(c4ccccc4C#N)CC3)C2)C1c1ccc(F)c(F)c1. The zero-order chi connectivity index (χ0) is 28.4. The molecule has 3 heterocycles. The summed E-state index contributed by atoms with van der Waals surface area (Å²) >= 11 is 0. The number of amides is 3. The van der Waals surface area contributed by atoms with Gasteiger partial charge in [-0.05, 0) is 49.1 Å². The van der Waals surface area contributed by atoms with Crippen molar-refractivity contribution >= 4 is 23.8 Å². The van der Waals surface area contributed by atoms with Crippen molar-refractivity contribution in [1.82, 2.24) is 15.1 Å². The maximum atomic E-state index is 14.0. The molecule has 3 unspecified atom stereocenters. The van der Waals surface area contributed by atoms with Gasteiger partial charge in [0.25, 0.3) is 0 Å². The van der Waals surface area contributed by atoms with Crippen LogP contribution in [0.25, 0.3) is 0 Å². The molecule has 3 fully saturated rings. The van der Waals surface area contributed by atoms with Gasteiger partial charge in [0.15, 0.2) is 11.6 Å². The molecule has 2 aromatic rings. The Bertz CT molecular complexity index is 1340. The van der Waals surface area contributed by atoms with Crippen molar-refractivity contribution in [3.05, 3.63) is 65.2 Å². The third-order valence-electron chi connectivity index (χ3n) is 7.82. The van der Waals surface area contributed by atoms with E-state index in [-0.39, 0.29) is 11.6 Å². The van der Waals surface area contributed by atoms with Crippen LogP contribution in [0.3, 0.4) is 0 Å². The number of carbonyl (C=O) groups excluding carboxylic acids is 3. The summed E-state index contributed by atoms with van der Waals surface area (Å²) in [5.74, 6) is -3.21. The number of hydrogen-bond acceptors (Lipinski definition) is 8. The van der Waals surface area contributed by atoms with Crippen molar-refractivity contribution in [2.24, 2.45) is 0 Å². The largest absolute Gasteiger partial charge is 0.466 e. The first kappa shape index (κ1) is 27.3. The van der Waals surface area contributed by atoms with Gasteiger partial charge in [-0.1, -0.05) is 18.2 Å². The highest BCUT2D eigenvalue weighted by Crippen LogP contribution is 2.35. The number of anilines is 1. The molecule has 3 aliphatic heterocycles. The Kier molecular flexibility index (Phi) is 7.84. The normalized spacial score (nSPS) is 23.6. The predicted octanol–water partition coefficient (Wildman–Crippen LogP) is 3.32. The molecule has 0 radical (unpaired) electrons. The van der Waals surface area contributed by atoms with E-state index in [1.54, 1.807) is 0 Å². The van der Waals surface area contributed by atoms with Crippen LogP contribution in [0.5, 0.6) is 0 Å². The van der Waals surface area contributed by atoms with Crippen LogP contribution in [-0.2, 0) is 14.3 Å². The van der Waals surface area contributed by atoms with E-state index in [0.29, 0.717) is 24.6 Å². The average molecular weight is 554 g/mol. The van der Waals surface area contributed by atoms with E-state index in [4.69, 9.17) is 9.47 Å². The van der Waals surface area contributed by atoms with Crippen LogP contribution in [0.2, 0.25) is 0 Å². The number of halogens is 2. The highest BCUT2D eigenvalue weighted by molar-refractivity contribution is 5.96. The molecule has 40 heavy (non-hydrogen) atoms. The zero-order valence-corrected chi connectivity index (χ0v) is 21.9. The minimum absolute atomic E-state index is 0.0214. The Morgan fingerprint density at radius 3 is 2.52 bits per heavy atom. The number of imide groups is 1. The number of esters is 1. The fourth-order valence-electron chi connectivity index (χ4n) is 5.80. The van der Waals surface area contributed by atoms with Gasteiger partial charge in [0, 0.05) is 38.3 Å². The van der Waals surface area contributed by atoms with Gasteiger partial charge in [0.05, 0.1) is 18.4 Å². The first-order valence-corrected chi connectivity index (χ1v) is 13.1. The molecule has 3 saturated heterocycles. The topological polar surface area (TPSA) is 115 Å². The highest BCUT2D eigenvalue weighted by atomic mass is 19.2. The number of nitrogens with zero attached hydrogens (tertiary/aromatic N) is 4. The van der Waals surface area contributed by atoms with Gasteiger partial charge in [0.2, 0.25) is 6.10 Å². The van der Waals surface area contributed by atoms with Crippen LogP contribution in [-0.4, -0.2) is 79.4 Å². The van der Waals surface area contributed by atoms with Crippen LogP contribution in [0, 0.1) is 23.0 Å². The standard InChI is InChI=1S/C28H29F2N5O5/c1-39-26(36)25-24(17-6-7-21(29)22(30)14-17)35(28(38)40-25)27(37)32-19-8-11-34(16-19)20-9-12-33(13-10-20)23-5-3-2-4-18(23)15-31/h2-7,14,19-20,24-25H,8-13,16H2,1H3,(H,32,37). The van der Waals surface area contributed by atoms with Crippen LogP contribution in [0.15, 0.2) is 42.5 Å². The fraction of sp³-hybridized carbons (Fsp3) is 0.429. The second kappa shape index (κ2) is 11.5. The van der Waals surface area contributed by atoms with Crippen molar-refractivity contribution in [1.29, 1.82) is 5.26 Å². The van der Waals surface area contributed by atoms with Crippen molar-refractivity contribution in [3.8, 4) is 6.07 Å². The van der Waals surface area contributed by atoms with Gasteiger partial charge >= 0.3 is 18.1 Å². The molecule has 3 atom stereocenters. The van der Waals surface area contributed by atoms with Crippen LogP contribution < -0.4 is 10.2 Å². The predicted molar refractivity (Wildman–Crippen MR) is 138 cm³/mol. The average Bonchev–Trinajstić information content (AvgIpc) is 3.58. The van der Waals surface area contributed by atoms with E-state index in [9.17, 15) is 28.4 Å². The lowest BCUT2D eigenvalue weighted by Crippen LogP contribution is -2.49. The number of benzene rings is 2. The third-order valence-corrected chi connectivity index (χ3v) is 7.82. The summed E-state index contributed by atoms with van der Waals surface area (Å²) < 4.78 is 37.4. The first-order valence-electron chi connectivity index (χ1n) is 13.1. The fourth-order valence-corrected chi connectivity index (χ4v) is 5.80. The number of ether oxygens (including phenoxy) is 2. The van der Waals surface area contributed by atoms with Gasteiger partial charge < -0.3 is 19.7 Å². The van der Waals surface area contributed by atoms with E-state index >= 15 is 0 Å². The molecule has 0 spiro atoms. The minimum atomic E-state index is -1.52. The van der Waals surface area contributed by atoms with Gasteiger partial charge in [-0.2, -0.15) is 5.26 Å². The molecule has 0 bridgehead atoms. The lowest BCUT2D eigenvalue weighted by Gasteiger charge is -2.38. The van der Waals surface area contributed by atoms with Crippen LogP contribution >= 0.6 is 0 Å². The Morgan fingerprint density at radius 2 is 1.82 bits per heavy atom. The summed E-state index contributed by atoms with van der Waals surface area (Å²) in [5, 5.41) is 12.3. The summed E-state index contributed by atoms with van der Waals surface area (Å²) in [5.41, 5.74) is 1.61.